The van der Waals surface area contributed by atoms with Crippen molar-refractivity contribution in [3.05, 3.63) is 202 Å². The predicted octanol–water partition coefficient (Wildman–Crippen LogP) is 19.3. The van der Waals surface area contributed by atoms with Crippen LogP contribution in [0.5, 0.6) is 0 Å². The van der Waals surface area contributed by atoms with Gasteiger partial charge in [0.1, 0.15) is 0 Å². The van der Waals surface area contributed by atoms with Gasteiger partial charge in [0.15, 0.2) is 0 Å². The molecule has 0 bridgehead atoms. The van der Waals surface area contributed by atoms with Crippen LogP contribution >= 0.6 is 0 Å². The van der Waals surface area contributed by atoms with E-state index in [1.54, 1.807) is 0 Å². The Morgan fingerprint density at radius 1 is 0.244 bits per heavy atom. The molecule has 0 fully saturated rings. The Balaban J connectivity index is 1.31. The normalized spacial score (nSPS) is 14.2. The van der Waals surface area contributed by atoms with Crippen LogP contribution < -0.4 is 32.8 Å². The lowest BCUT2D eigenvalue weighted by molar-refractivity contribution is 0.552. The molecule has 11 aromatic rings. The predicted molar refractivity (Wildman–Crippen MR) is 398 cm³/mol. The maximum Gasteiger partial charge on any atom is 0.247 e. The molecule has 2 nitrogen and oxygen atoms in total. The molecule has 2 aromatic heterocycles. The fourth-order valence-electron chi connectivity index (χ4n) is 15.5. The highest BCUT2D eigenvalue weighted by molar-refractivity contribution is 7.00. The summed E-state index contributed by atoms with van der Waals surface area (Å²) < 4.78 is 5.49. The molecule has 0 unspecified atom stereocenters. The van der Waals surface area contributed by atoms with Gasteiger partial charge in [-0.15, -0.1) is 0 Å². The van der Waals surface area contributed by atoms with Crippen molar-refractivity contribution in [3.8, 4) is 33.6 Å². The number of hydrogen-bond donors (Lipinski definition) is 0. The standard InChI is InChI=1S/C86H98B2N2/c1-79(2,3)55-35-37-71-59(43-55)61-39-53(51-31-27-25-28-32-51)41-69-77(61)89(71)73-49-68-74(50-67(73)87(69)75-63(83(13,14)15)45-57(81(7,8)9)46-64(75)84(16,17)18)90-72-38-36-56(80(4,5)6)44-60(72)62-40-54(52-33-29-26-30-34-52)42-70(78(62)90)88(68)76-65(85(19,20)21)47-58(82(10,11)12)48-66(76)86(22,23)24/h25-50H,1-24H3. The topological polar surface area (TPSA) is 9.86 Å². The van der Waals surface area contributed by atoms with E-state index in [0.29, 0.717) is 0 Å². The average molecular weight is 1180 g/mol. The molecule has 4 heteroatoms. The smallest absolute Gasteiger partial charge is 0.247 e. The maximum atomic E-state index is 2.75. The van der Waals surface area contributed by atoms with Gasteiger partial charge in [-0.1, -0.05) is 286 Å². The van der Waals surface area contributed by atoms with E-state index in [1.165, 1.54) is 155 Å². The lowest BCUT2D eigenvalue weighted by Gasteiger charge is -2.40. The molecule has 0 amide bonds. The first-order valence-electron chi connectivity index (χ1n) is 33.6. The molecule has 0 spiro atoms. The molecule has 2 aliphatic rings. The highest BCUT2D eigenvalue weighted by Gasteiger charge is 2.46. The van der Waals surface area contributed by atoms with Crippen molar-refractivity contribution in [2.75, 3.05) is 0 Å². The zero-order valence-corrected chi connectivity index (χ0v) is 59.1. The van der Waals surface area contributed by atoms with Crippen molar-refractivity contribution in [1.82, 2.24) is 9.13 Å². The van der Waals surface area contributed by atoms with Gasteiger partial charge in [-0.05, 0) is 180 Å². The number of nitrogens with zero attached hydrogens (tertiary/aromatic N) is 2. The number of fused-ring (bicyclic) bond motifs is 10. The fraction of sp³-hybridized carbons (Fsp3) is 0.372. The molecule has 0 aliphatic carbocycles. The van der Waals surface area contributed by atoms with Crippen LogP contribution in [0.2, 0.25) is 0 Å². The fourth-order valence-corrected chi connectivity index (χ4v) is 15.5. The van der Waals surface area contributed by atoms with E-state index in [4.69, 9.17) is 0 Å². The second-order valence-electron chi connectivity index (χ2n) is 35.6. The number of benzene rings is 9. The first-order chi connectivity index (χ1) is 41.7. The minimum Gasteiger partial charge on any atom is -0.310 e. The molecule has 458 valence electrons. The summed E-state index contributed by atoms with van der Waals surface area (Å²) in [6.45, 7) is 57.9. The van der Waals surface area contributed by atoms with Crippen LogP contribution in [-0.4, -0.2) is 22.6 Å². The van der Waals surface area contributed by atoms with Crippen LogP contribution in [0, 0.1) is 0 Å². The number of aromatic nitrogens is 2. The largest absolute Gasteiger partial charge is 0.310 e. The summed E-state index contributed by atoms with van der Waals surface area (Å²) in [7, 11) is 0. The first-order valence-corrected chi connectivity index (χ1v) is 33.6. The van der Waals surface area contributed by atoms with Gasteiger partial charge in [-0.25, -0.2) is 0 Å². The van der Waals surface area contributed by atoms with Crippen LogP contribution in [0.4, 0.5) is 0 Å². The Morgan fingerprint density at radius 2 is 0.544 bits per heavy atom. The highest BCUT2D eigenvalue weighted by Crippen LogP contribution is 2.45. The quantitative estimate of drug-likeness (QED) is 0.155. The summed E-state index contributed by atoms with van der Waals surface area (Å²) in [5.74, 6) is 0. The Labute approximate surface area is 541 Å². The van der Waals surface area contributed by atoms with Crippen molar-refractivity contribution in [2.24, 2.45) is 0 Å². The lowest BCUT2D eigenvalue weighted by atomic mass is 9.30. The minimum atomic E-state index is -0.202. The van der Waals surface area contributed by atoms with Crippen molar-refractivity contribution >= 4 is 89.8 Å². The molecular weight excluding hydrogens is 1080 g/mol. The monoisotopic (exact) mass is 1180 g/mol. The van der Waals surface area contributed by atoms with Gasteiger partial charge < -0.3 is 9.13 Å². The first kappa shape index (κ1) is 61.6. The van der Waals surface area contributed by atoms with E-state index in [2.05, 4.69) is 333 Å². The Bertz CT molecular complexity index is 4380. The summed E-state index contributed by atoms with van der Waals surface area (Å²) in [4.78, 5) is 0. The van der Waals surface area contributed by atoms with Crippen LogP contribution in [0.15, 0.2) is 158 Å². The van der Waals surface area contributed by atoms with Crippen molar-refractivity contribution in [1.29, 1.82) is 0 Å². The summed E-state index contributed by atoms with van der Waals surface area (Å²) in [5, 5.41) is 5.24. The van der Waals surface area contributed by atoms with Crippen molar-refractivity contribution in [3.63, 3.8) is 0 Å². The summed E-state index contributed by atoms with van der Waals surface area (Å²) in [5.41, 5.74) is 31.1. The third-order valence-electron chi connectivity index (χ3n) is 20.5. The second-order valence-corrected chi connectivity index (χ2v) is 35.6. The van der Waals surface area contributed by atoms with Crippen molar-refractivity contribution < 1.29 is 0 Å². The molecule has 0 atom stereocenters. The minimum absolute atomic E-state index is 0.0595. The Morgan fingerprint density at radius 3 is 0.822 bits per heavy atom. The van der Waals surface area contributed by atoms with E-state index in [0.717, 1.165) is 0 Å². The Kier molecular flexibility index (Phi) is 13.8. The second kappa shape index (κ2) is 20.1. The van der Waals surface area contributed by atoms with E-state index in [-0.39, 0.29) is 56.7 Å². The summed E-state index contributed by atoms with van der Waals surface area (Å²) in [6, 6.07) is 63.6. The Hall–Kier alpha value is -7.29. The van der Waals surface area contributed by atoms with Gasteiger partial charge in [0.25, 0.3) is 0 Å². The van der Waals surface area contributed by atoms with E-state index in [9.17, 15) is 0 Å². The third-order valence-corrected chi connectivity index (χ3v) is 20.5. The molecule has 0 saturated heterocycles. The molecule has 0 N–H and O–H groups in total. The number of rotatable bonds is 4. The van der Waals surface area contributed by atoms with Crippen LogP contribution in [0.3, 0.4) is 0 Å². The average Bonchev–Trinajstić information content (AvgIpc) is 1.38. The molecule has 0 saturated carbocycles. The highest BCUT2D eigenvalue weighted by atomic mass is 15.0. The summed E-state index contributed by atoms with van der Waals surface area (Å²) >= 11 is 0. The van der Waals surface area contributed by atoms with E-state index < -0.39 is 0 Å². The molecule has 90 heavy (non-hydrogen) atoms. The van der Waals surface area contributed by atoms with Gasteiger partial charge in [-0.3, -0.25) is 0 Å². The van der Waals surface area contributed by atoms with Gasteiger partial charge in [0, 0.05) is 44.0 Å². The molecular formula is C86H98B2N2. The maximum absolute atomic E-state index is 2.75. The van der Waals surface area contributed by atoms with Gasteiger partial charge in [0.2, 0.25) is 13.4 Å². The van der Waals surface area contributed by atoms with Crippen molar-refractivity contribution in [2.45, 2.75) is 209 Å². The zero-order valence-electron chi connectivity index (χ0n) is 59.1. The number of hydrogen-bond acceptors (Lipinski definition) is 0. The van der Waals surface area contributed by atoms with Gasteiger partial charge >= 0.3 is 0 Å². The van der Waals surface area contributed by atoms with E-state index >= 15 is 0 Å². The van der Waals surface area contributed by atoms with Crippen LogP contribution in [0.1, 0.15) is 211 Å². The summed E-state index contributed by atoms with van der Waals surface area (Å²) in [6.07, 6.45) is 0. The molecule has 0 radical (unpaired) electrons. The van der Waals surface area contributed by atoms with Crippen LogP contribution in [-0.2, 0) is 43.3 Å². The SMILES string of the molecule is CC(C)(C)c1cc(C(C)(C)C)c(B2c3cc4c(cc3-n3c5ccc(C(C)(C)C)cc5c5cc(-c6ccccc6)cc2c53)B(c2c(C(C)(C)C)cc(C(C)(C)C)cc2C(C)(C)C)c2cc(-c3ccccc3)cc3c5cc(C(C)(C)C)ccc5n-4c23)c(C(C)(C)C)c1. The van der Waals surface area contributed by atoms with Gasteiger partial charge in [-0.2, -0.15) is 0 Å². The zero-order chi connectivity index (χ0) is 64.9. The van der Waals surface area contributed by atoms with Gasteiger partial charge in [0.05, 0.1) is 11.0 Å². The molecule has 4 heterocycles. The molecule has 13 rings (SSSR count). The van der Waals surface area contributed by atoms with Crippen LogP contribution in [0.25, 0.3) is 77.2 Å². The van der Waals surface area contributed by atoms with E-state index in [1.807, 2.05) is 0 Å². The lowest BCUT2D eigenvalue weighted by Crippen LogP contribution is -2.63. The third kappa shape index (κ3) is 9.98. The molecule has 9 aromatic carbocycles. The molecule has 2 aliphatic heterocycles.